The molecule has 0 bridgehead atoms. The largest absolute Gasteiger partial charge is 0.490 e. The molecule has 1 amide bonds. The summed E-state index contributed by atoms with van der Waals surface area (Å²) in [4.78, 5) is 13.1. The fraction of sp³-hybridized carbons (Fsp3) is 0.522. The van der Waals surface area contributed by atoms with E-state index in [1.54, 1.807) is 0 Å². The summed E-state index contributed by atoms with van der Waals surface area (Å²) in [7, 11) is 0. The molecular formula is C23H31NO3. The number of hydrogen-bond donors (Lipinski definition) is 1. The zero-order chi connectivity index (χ0) is 19.3. The summed E-state index contributed by atoms with van der Waals surface area (Å²) in [6.45, 7) is 6.87. The first kappa shape index (κ1) is 19.7. The highest BCUT2D eigenvalue weighted by Gasteiger charge is 2.42. The van der Waals surface area contributed by atoms with Gasteiger partial charge in [0.1, 0.15) is 11.4 Å². The van der Waals surface area contributed by atoms with E-state index < -0.39 is 5.60 Å². The first-order valence-corrected chi connectivity index (χ1v) is 10.2. The van der Waals surface area contributed by atoms with Crippen LogP contribution in [-0.4, -0.2) is 24.2 Å². The van der Waals surface area contributed by atoms with E-state index in [9.17, 15) is 4.79 Å². The molecule has 2 aromatic carbocycles. The molecule has 2 aromatic rings. The van der Waals surface area contributed by atoms with Gasteiger partial charge in [0.25, 0.3) is 5.91 Å². The molecule has 0 radical (unpaired) electrons. The quantitative estimate of drug-likeness (QED) is 0.650. The summed E-state index contributed by atoms with van der Waals surface area (Å²) in [6, 6.07) is 12.0. The van der Waals surface area contributed by atoms with Gasteiger partial charge < -0.3 is 14.8 Å². The van der Waals surface area contributed by atoms with Gasteiger partial charge in [-0.15, -0.1) is 0 Å². The van der Waals surface area contributed by atoms with Crippen LogP contribution in [0.5, 0.6) is 5.75 Å². The van der Waals surface area contributed by atoms with Crippen LogP contribution in [0.2, 0.25) is 0 Å². The number of carbonyl (C=O) groups is 1. The Bertz CT molecular complexity index is 780. The van der Waals surface area contributed by atoms with Crippen LogP contribution in [0.25, 0.3) is 10.8 Å². The summed E-state index contributed by atoms with van der Waals surface area (Å²) in [6.07, 6.45) is 5.69. The van der Waals surface area contributed by atoms with Crippen LogP contribution in [0.1, 0.15) is 59.3 Å². The Balaban J connectivity index is 1.88. The normalized spacial score (nSPS) is 17.0. The summed E-state index contributed by atoms with van der Waals surface area (Å²) < 4.78 is 12.1. The van der Waals surface area contributed by atoms with Gasteiger partial charge >= 0.3 is 0 Å². The fourth-order valence-electron chi connectivity index (χ4n) is 3.70. The van der Waals surface area contributed by atoms with Gasteiger partial charge in [0.2, 0.25) is 0 Å². The molecule has 0 spiro atoms. The standard InChI is InChI=1S/C23H31NO3/c1-4-16-26-23(14-8-9-15-23)22(25)24-20-12-13-21(27-17(3)5-2)19-11-7-6-10-18(19)20/h6-7,10-13,17H,4-5,8-9,14-16H2,1-3H3,(H,24,25)/t17-/m0/s1. The van der Waals surface area contributed by atoms with E-state index in [-0.39, 0.29) is 12.0 Å². The highest BCUT2D eigenvalue weighted by atomic mass is 16.5. The van der Waals surface area contributed by atoms with Crippen molar-refractivity contribution in [2.24, 2.45) is 0 Å². The zero-order valence-corrected chi connectivity index (χ0v) is 16.7. The lowest BCUT2D eigenvalue weighted by molar-refractivity contribution is -0.140. The van der Waals surface area contributed by atoms with E-state index >= 15 is 0 Å². The predicted octanol–water partition coefficient (Wildman–Crippen LogP) is 5.70. The van der Waals surface area contributed by atoms with Crippen molar-refractivity contribution in [2.75, 3.05) is 11.9 Å². The minimum absolute atomic E-state index is 0.0193. The van der Waals surface area contributed by atoms with Gasteiger partial charge in [-0.1, -0.05) is 38.1 Å². The number of carbonyl (C=O) groups excluding carboxylic acids is 1. The van der Waals surface area contributed by atoms with Crippen LogP contribution in [-0.2, 0) is 9.53 Å². The summed E-state index contributed by atoms with van der Waals surface area (Å²) >= 11 is 0. The summed E-state index contributed by atoms with van der Waals surface area (Å²) in [5.74, 6) is 0.838. The number of amides is 1. The number of fused-ring (bicyclic) bond motifs is 1. The average molecular weight is 370 g/mol. The molecular weight excluding hydrogens is 338 g/mol. The number of ether oxygens (including phenoxy) is 2. The van der Waals surface area contributed by atoms with Gasteiger partial charge in [-0.3, -0.25) is 4.79 Å². The molecule has 0 aliphatic heterocycles. The van der Waals surface area contributed by atoms with Crippen molar-refractivity contribution in [3.63, 3.8) is 0 Å². The Morgan fingerprint density at radius 1 is 1.11 bits per heavy atom. The van der Waals surface area contributed by atoms with E-state index in [1.807, 2.05) is 36.4 Å². The second-order valence-electron chi connectivity index (χ2n) is 7.50. The van der Waals surface area contributed by atoms with Crippen LogP contribution in [0.3, 0.4) is 0 Å². The Morgan fingerprint density at radius 3 is 2.48 bits per heavy atom. The molecule has 3 rings (SSSR count). The predicted molar refractivity (Wildman–Crippen MR) is 110 cm³/mol. The first-order chi connectivity index (χ1) is 13.1. The fourth-order valence-corrected chi connectivity index (χ4v) is 3.70. The van der Waals surface area contributed by atoms with E-state index in [2.05, 4.69) is 26.1 Å². The van der Waals surface area contributed by atoms with Gasteiger partial charge in [0.15, 0.2) is 0 Å². The number of anilines is 1. The third-order valence-corrected chi connectivity index (χ3v) is 5.44. The summed E-state index contributed by atoms with van der Waals surface area (Å²) in [5, 5.41) is 5.17. The molecule has 1 aliphatic rings. The maximum Gasteiger partial charge on any atom is 0.256 e. The highest BCUT2D eigenvalue weighted by Crippen LogP contribution is 2.37. The van der Waals surface area contributed by atoms with Crippen molar-refractivity contribution in [3.05, 3.63) is 36.4 Å². The number of hydrogen-bond acceptors (Lipinski definition) is 3. The SMILES string of the molecule is CCCOC1(C(=O)Nc2ccc(O[C@@H](C)CC)c3ccccc23)CCCC1. The molecule has 0 saturated heterocycles. The third kappa shape index (κ3) is 4.27. The molecule has 1 atom stereocenters. The smallest absolute Gasteiger partial charge is 0.256 e. The molecule has 0 unspecified atom stereocenters. The molecule has 1 saturated carbocycles. The number of nitrogens with one attached hydrogen (secondary N) is 1. The second-order valence-corrected chi connectivity index (χ2v) is 7.50. The molecule has 4 heteroatoms. The molecule has 0 aromatic heterocycles. The molecule has 146 valence electrons. The van der Waals surface area contributed by atoms with Crippen molar-refractivity contribution < 1.29 is 14.3 Å². The van der Waals surface area contributed by atoms with E-state index in [1.165, 1.54) is 0 Å². The van der Waals surface area contributed by atoms with Crippen LogP contribution in [0, 0.1) is 0 Å². The van der Waals surface area contributed by atoms with E-state index in [0.717, 1.165) is 60.7 Å². The maximum absolute atomic E-state index is 13.1. The Morgan fingerprint density at radius 2 is 1.81 bits per heavy atom. The molecule has 27 heavy (non-hydrogen) atoms. The van der Waals surface area contributed by atoms with Gasteiger partial charge in [0.05, 0.1) is 6.10 Å². The maximum atomic E-state index is 13.1. The van der Waals surface area contributed by atoms with Crippen molar-refractivity contribution >= 4 is 22.4 Å². The number of benzene rings is 2. The molecule has 1 N–H and O–H groups in total. The summed E-state index contributed by atoms with van der Waals surface area (Å²) in [5.41, 5.74) is 0.140. The van der Waals surface area contributed by atoms with Crippen LogP contribution in [0.4, 0.5) is 5.69 Å². The van der Waals surface area contributed by atoms with Gasteiger partial charge in [-0.25, -0.2) is 0 Å². The Kier molecular flexibility index (Phi) is 6.38. The Hall–Kier alpha value is -2.07. The average Bonchev–Trinajstić information content (AvgIpc) is 3.18. The molecule has 4 nitrogen and oxygen atoms in total. The van der Waals surface area contributed by atoms with Gasteiger partial charge in [0, 0.05) is 23.1 Å². The first-order valence-electron chi connectivity index (χ1n) is 10.2. The molecule has 1 fully saturated rings. The van der Waals surface area contributed by atoms with Crippen LogP contribution in [0.15, 0.2) is 36.4 Å². The van der Waals surface area contributed by atoms with Crippen molar-refractivity contribution in [1.82, 2.24) is 0 Å². The topological polar surface area (TPSA) is 47.6 Å². The van der Waals surface area contributed by atoms with Gasteiger partial charge in [-0.05, 0) is 57.6 Å². The molecule has 0 heterocycles. The second kappa shape index (κ2) is 8.75. The van der Waals surface area contributed by atoms with Crippen molar-refractivity contribution in [2.45, 2.75) is 71.0 Å². The van der Waals surface area contributed by atoms with E-state index in [4.69, 9.17) is 9.47 Å². The zero-order valence-electron chi connectivity index (χ0n) is 16.7. The lowest BCUT2D eigenvalue weighted by atomic mass is 10.00. The lowest BCUT2D eigenvalue weighted by Crippen LogP contribution is -2.43. The number of rotatable bonds is 8. The Labute approximate surface area is 162 Å². The minimum Gasteiger partial charge on any atom is -0.490 e. The van der Waals surface area contributed by atoms with Crippen molar-refractivity contribution in [1.29, 1.82) is 0 Å². The third-order valence-electron chi connectivity index (χ3n) is 5.44. The monoisotopic (exact) mass is 369 g/mol. The minimum atomic E-state index is -0.678. The van der Waals surface area contributed by atoms with Crippen LogP contribution >= 0.6 is 0 Å². The van der Waals surface area contributed by atoms with Crippen LogP contribution < -0.4 is 10.1 Å². The van der Waals surface area contributed by atoms with E-state index in [0.29, 0.717) is 6.61 Å². The lowest BCUT2D eigenvalue weighted by Gasteiger charge is -2.28. The highest BCUT2D eigenvalue weighted by molar-refractivity contribution is 6.06. The molecule has 1 aliphatic carbocycles. The van der Waals surface area contributed by atoms with Crippen molar-refractivity contribution in [3.8, 4) is 5.75 Å². The van der Waals surface area contributed by atoms with Gasteiger partial charge in [-0.2, -0.15) is 0 Å².